The van der Waals surface area contributed by atoms with Crippen LogP contribution in [0, 0.1) is 11.3 Å². The number of alkyl halides is 3. The third-order valence-corrected chi connectivity index (χ3v) is 3.17. The van der Waals surface area contributed by atoms with E-state index in [1.165, 1.54) is 0 Å². The van der Waals surface area contributed by atoms with E-state index in [9.17, 15) is 18.0 Å². The molecule has 2 aliphatic carbocycles. The third kappa shape index (κ3) is 0.780. The average Bonchev–Trinajstić information content (AvgIpc) is 2.41. The van der Waals surface area contributed by atoms with Crippen molar-refractivity contribution < 1.29 is 18.0 Å². The normalized spacial score (nSPS) is 40.9. The van der Waals surface area contributed by atoms with Gasteiger partial charge in [-0.15, -0.1) is 0 Å². The highest BCUT2D eigenvalue weighted by molar-refractivity contribution is 5.89. The highest BCUT2D eigenvalue weighted by atomic mass is 19.4. The van der Waals surface area contributed by atoms with Crippen LogP contribution >= 0.6 is 0 Å². The monoisotopic (exact) mass is 178 g/mol. The summed E-state index contributed by atoms with van der Waals surface area (Å²) < 4.78 is 37.4. The first-order valence-electron chi connectivity index (χ1n) is 4.06. The van der Waals surface area contributed by atoms with Gasteiger partial charge in [-0.25, -0.2) is 0 Å². The van der Waals surface area contributed by atoms with Crippen molar-refractivity contribution in [1.29, 1.82) is 0 Å². The van der Waals surface area contributed by atoms with Crippen molar-refractivity contribution in [3.05, 3.63) is 0 Å². The standard InChI is InChI=1S/C8H9F3O/c9-8(10,11)7-2-1-5(4-7)3-6(7)12/h5H,1-4H2. The topological polar surface area (TPSA) is 17.1 Å². The molecule has 0 amide bonds. The molecule has 68 valence electrons. The molecule has 0 N–H and O–H groups in total. The molecular formula is C8H9F3O. The third-order valence-electron chi connectivity index (χ3n) is 3.17. The van der Waals surface area contributed by atoms with Crippen molar-refractivity contribution >= 4 is 5.78 Å². The Kier molecular flexibility index (Phi) is 1.37. The van der Waals surface area contributed by atoms with Gasteiger partial charge in [0.2, 0.25) is 0 Å². The van der Waals surface area contributed by atoms with Gasteiger partial charge in [0.05, 0.1) is 0 Å². The second-order valence-corrected chi connectivity index (χ2v) is 3.82. The number of carbonyl (C=O) groups is 1. The molecule has 0 spiro atoms. The molecule has 2 aliphatic rings. The number of rotatable bonds is 0. The van der Waals surface area contributed by atoms with Gasteiger partial charge in [0.25, 0.3) is 0 Å². The Hall–Kier alpha value is -0.540. The van der Waals surface area contributed by atoms with Crippen molar-refractivity contribution in [3.63, 3.8) is 0 Å². The second-order valence-electron chi connectivity index (χ2n) is 3.82. The summed E-state index contributed by atoms with van der Waals surface area (Å²) in [6.45, 7) is 0. The zero-order valence-corrected chi connectivity index (χ0v) is 6.45. The molecule has 0 saturated heterocycles. The minimum Gasteiger partial charge on any atom is -0.299 e. The molecule has 2 rings (SSSR count). The maximum Gasteiger partial charge on any atom is 0.401 e. The first-order valence-corrected chi connectivity index (χ1v) is 4.06. The van der Waals surface area contributed by atoms with E-state index >= 15 is 0 Å². The van der Waals surface area contributed by atoms with E-state index in [2.05, 4.69) is 0 Å². The number of Topliss-reactive ketones (excluding diaryl/α,β-unsaturated/α-hetero) is 1. The number of hydrogen-bond donors (Lipinski definition) is 0. The van der Waals surface area contributed by atoms with E-state index in [1.54, 1.807) is 0 Å². The summed E-state index contributed by atoms with van der Waals surface area (Å²) >= 11 is 0. The van der Waals surface area contributed by atoms with Gasteiger partial charge in [-0.2, -0.15) is 13.2 Å². The lowest BCUT2D eigenvalue weighted by molar-refractivity contribution is -0.215. The summed E-state index contributed by atoms with van der Waals surface area (Å²) in [4.78, 5) is 11.1. The molecule has 2 saturated carbocycles. The van der Waals surface area contributed by atoms with Crippen LogP contribution < -0.4 is 0 Å². The number of hydrogen-bond acceptors (Lipinski definition) is 1. The average molecular weight is 178 g/mol. The van der Waals surface area contributed by atoms with Crippen LogP contribution in [0.25, 0.3) is 0 Å². The van der Waals surface area contributed by atoms with Crippen LogP contribution in [0.5, 0.6) is 0 Å². The Balaban J connectivity index is 2.36. The Morgan fingerprint density at radius 1 is 1.42 bits per heavy atom. The molecule has 1 nitrogen and oxygen atoms in total. The lowest BCUT2D eigenvalue weighted by Crippen LogP contribution is -2.40. The first kappa shape index (κ1) is 8.08. The van der Waals surface area contributed by atoms with Gasteiger partial charge >= 0.3 is 6.18 Å². The minimum absolute atomic E-state index is 0.0131. The highest BCUT2D eigenvalue weighted by Crippen LogP contribution is 2.59. The van der Waals surface area contributed by atoms with Crippen LogP contribution in [0.15, 0.2) is 0 Å². The first-order chi connectivity index (χ1) is 5.46. The van der Waals surface area contributed by atoms with E-state index in [-0.39, 0.29) is 25.2 Å². The van der Waals surface area contributed by atoms with Gasteiger partial charge in [0.1, 0.15) is 11.2 Å². The Morgan fingerprint density at radius 2 is 2.08 bits per heavy atom. The molecule has 4 heteroatoms. The van der Waals surface area contributed by atoms with Crippen molar-refractivity contribution in [2.45, 2.75) is 31.9 Å². The van der Waals surface area contributed by atoms with Gasteiger partial charge in [0.15, 0.2) is 0 Å². The zero-order valence-electron chi connectivity index (χ0n) is 6.45. The van der Waals surface area contributed by atoms with Crippen LogP contribution in [0.2, 0.25) is 0 Å². The number of halogens is 3. The summed E-state index contributed by atoms with van der Waals surface area (Å²) in [6.07, 6.45) is -3.50. The van der Waals surface area contributed by atoms with Gasteiger partial charge in [0, 0.05) is 6.42 Å². The SMILES string of the molecule is O=C1CC2CCC1(C(F)(F)F)C2. The van der Waals surface area contributed by atoms with E-state index < -0.39 is 17.4 Å². The highest BCUT2D eigenvalue weighted by Gasteiger charge is 2.66. The second kappa shape index (κ2) is 2.03. The van der Waals surface area contributed by atoms with Crippen LogP contribution in [-0.2, 0) is 4.79 Å². The summed E-state index contributed by atoms with van der Waals surface area (Å²) in [5.41, 5.74) is -1.93. The quantitative estimate of drug-likeness (QED) is 0.556. The molecule has 2 bridgehead atoms. The van der Waals surface area contributed by atoms with Crippen LogP contribution in [0.3, 0.4) is 0 Å². The fourth-order valence-corrected chi connectivity index (χ4v) is 2.45. The molecule has 0 radical (unpaired) electrons. The maximum atomic E-state index is 12.5. The Morgan fingerprint density at radius 3 is 2.33 bits per heavy atom. The van der Waals surface area contributed by atoms with Gasteiger partial charge in [-0.3, -0.25) is 4.79 Å². The summed E-state index contributed by atoms with van der Waals surface area (Å²) in [6, 6.07) is 0. The lowest BCUT2D eigenvalue weighted by Gasteiger charge is -2.27. The van der Waals surface area contributed by atoms with Crippen molar-refractivity contribution in [3.8, 4) is 0 Å². The Labute approximate surface area is 67.9 Å². The Bertz CT molecular complexity index is 233. The van der Waals surface area contributed by atoms with Crippen molar-refractivity contribution in [2.24, 2.45) is 11.3 Å². The molecule has 2 unspecified atom stereocenters. The molecule has 0 aromatic heterocycles. The van der Waals surface area contributed by atoms with Gasteiger partial charge in [-0.05, 0) is 25.2 Å². The fraction of sp³-hybridized carbons (Fsp3) is 0.875. The predicted molar refractivity (Wildman–Crippen MR) is 35.5 cm³/mol. The minimum atomic E-state index is -4.31. The molecule has 12 heavy (non-hydrogen) atoms. The number of carbonyl (C=O) groups excluding carboxylic acids is 1. The lowest BCUT2D eigenvalue weighted by atomic mass is 9.82. The molecule has 0 aliphatic heterocycles. The van der Waals surface area contributed by atoms with Crippen molar-refractivity contribution in [2.75, 3.05) is 0 Å². The molecule has 0 aromatic rings. The van der Waals surface area contributed by atoms with E-state index in [0.29, 0.717) is 6.42 Å². The van der Waals surface area contributed by atoms with Crippen LogP contribution in [0.4, 0.5) is 13.2 Å². The number of ketones is 1. The molecule has 0 aromatic carbocycles. The zero-order chi connectivity index (χ0) is 8.98. The van der Waals surface area contributed by atoms with Crippen molar-refractivity contribution in [1.82, 2.24) is 0 Å². The van der Waals surface area contributed by atoms with Gasteiger partial charge < -0.3 is 0 Å². The summed E-state index contributed by atoms with van der Waals surface area (Å²) in [5.74, 6) is -0.564. The maximum absolute atomic E-state index is 12.5. The van der Waals surface area contributed by atoms with E-state index in [4.69, 9.17) is 0 Å². The molecule has 0 heterocycles. The van der Waals surface area contributed by atoms with Gasteiger partial charge in [-0.1, -0.05) is 0 Å². The number of fused-ring (bicyclic) bond motifs is 2. The molecule has 2 fully saturated rings. The van der Waals surface area contributed by atoms with E-state index in [0.717, 1.165) is 0 Å². The molecule has 2 atom stereocenters. The smallest absolute Gasteiger partial charge is 0.299 e. The fourth-order valence-electron chi connectivity index (χ4n) is 2.45. The predicted octanol–water partition coefficient (Wildman–Crippen LogP) is 2.31. The van der Waals surface area contributed by atoms with Crippen LogP contribution in [0.1, 0.15) is 25.7 Å². The van der Waals surface area contributed by atoms with Crippen LogP contribution in [-0.4, -0.2) is 12.0 Å². The van der Waals surface area contributed by atoms with E-state index in [1.807, 2.05) is 0 Å². The summed E-state index contributed by atoms with van der Waals surface area (Å²) in [5, 5.41) is 0. The molecular weight excluding hydrogens is 169 g/mol. The largest absolute Gasteiger partial charge is 0.401 e. The summed E-state index contributed by atoms with van der Waals surface area (Å²) in [7, 11) is 0.